The molecule has 0 saturated heterocycles. The molecular formula is C21H23ClN4O2. The monoisotopic (exact) mass is 398 g/mol. The van der Waals surface area contributed by atoms with Crippen LogP contribution in [0.3, 0.4) is 0 Å². The molecule has 0 fully saturated rings. The number of anilines is 1. The maximum absolute atomic E-state index is 11.8. The molecule has 1 amide bonds. The highest BCUT2D eigenvalue weighted by atomic mass is 35.5. The molecule has 1 unspecified atom stereocenters. The average Bonchev–Trinajstić information content (AvgIpc) is 2.71. The van der Waals surface area contributed by atoms with Gasteiger partial charge in [-0.25, -0.2) is 0 Å². The van der Waals surface area contributed by atoms with E-state index < -0.39 is 5.91 Å². The van der Waals surface area contributed by atoms with Crippen LogP contribution in [0.4, 0.5) is 5.69 Å². The molecule has 2 aromatic carbocycles. The van der Waals surface area contributed by atoms with Gasteiger partial charge in [-0.2, -0.15) is 0 Å². The first kappa shape index (κ1) is 19.9. The van der Waals surface area contributed by atoms with Gasteiger partial charge in [0.05, 0.1) is 29.3 Å². The molecule has 1 heterocycles. The van der Waals surface area contributed by atoms with Crippen LogP contribution >= 0.6 is 11.6 Å². The van der Waals surface area contributed by atoms with E-state index in [4.69, 9.17) is 27.8 Å². The molecule has 0 aliphatic heterocycles. The molecule has 3 aromatic rings. The topological polar surface area (TPSA) is 103 Å². The fourth-order valence-electron chi connectivity index (χ4n) is 3.25. The number of methoxy groups -OCH3 is 1. The van der Waals surface area contributed by atoms with Crippen molar-refractivity contribution in [3.05, 3.63) is 64.3 Å². The molecule has 0 aliphatic rings. The van der Waals surface area contributed by atoms with E-state index in [-0.39, 0.29) is 6.04 Å². The van der Waals surface area contributed by atoms with Gasteiger partial charge in [0.1, 0.15) is 5.75 Å². The summed E-state index contributed by atoms with van der Waals surface area (Å²) in [7, 11) is 1.58. The second-order valence-electron chi connectivity index (χ2n) is 6.40. The number of benzene rings is 2. The number of carbonyl (C=O) groups excluding carboxylic acids is 1. The van der Waals surface area contributed by atoms with Crippen molar-refractivity contribution >= 4 is 34.1 Å². The molecule has 1 atom stereocenters. The Morgan fingerprint density at radius 2 is 2.11 bits per heavy atom. The van der Waals surface area contributed by atoms with E-state index in [1.165, 1.54) is 0 Å². The first-order valence-electron chi connectivity index (χ1n) is 9.00. The quantitative estimate of drug-likeness (QED) is 0.563. The molecule has 0 aliphatic carbocycles. The molecule has 1 aromatic heterocycles. The minimum atomic E-state index is -0.509. The highest BCUT2D eigenvalue weighted by molar-refractivity contribution is 6.32. The fraction of sp³-hybridized carbons (Fsp3) is 0.238. The lowest BCUT2D eigenvalue weighted by atomic mass is 10.0. The van der Waals surface area contributed by atoms with Crippen LogP contribution in [-0.2, 0) is 6.42 Å². The van der Waals surface area contributed by atoms with E-state index in [0.29, 0.717) is 28.4 Å². The van der Waals surface area contributed by atoms with Crippen LogP contribution in [0.2, 0.25) is 5.02 Å². The number of ether oxygens (including phenoxy) is 1. The molecule has 6 nitrogen and oxygen atoms in total. The van der Waals surface area contributed by atoms with E-state index in [0.717, 1.165) is 28.6 Å². The van der Waals surface area contributed by atoms with Gasteiger partial charge in [-0.1, -0.05) is 36.7 Å². The second kappa shape index (κ2) is 8.46. The van der Waals surface area contributed by atoms with Crippen molar-refractivity contribution in [2.75, 3.05) is 19.0 Å². The number of hydrogen-bond donors (Lipinski definition) is 3. The molecule has 146 valence electrons. The zero-order valence-electron chi connectivity index (χ0n) is 15.8. The van der Waals surface area contributed by atoms with E-state index >= 15 is 0 Å². The predicted molar refractivity (Wildman–Crippen MR) is 113 cm³/mol. The van der Waals surface area contributed by atoms with Crippen molar-refractivity contribution in [3.63, 3.8) is 0 Å². The van der Waals surface area contributed by atoms with Gasteiger partial charge in [-0.05, 0) is 35.7 Å². The number of halogens is 1. The van der Waals surface area contributed by atoms with E-state index in [2.05, 4.69) is 10.3 Å². The number of aromatic nitrogens is 1. The van der Waals surface area contributed by atoms with Crippen LogP contribution < -0.4 is 21.5 Å². The van der Waals surface area contributed by atoms with Gasteiger partial charge in [0, 0.05) is 23.8 Å². The van der Waals surface area contributed by atoms with Crippen LogP contribution in [0.15, 0.2) is 42.6 Å². The van der Waals surface area contributed by atoms with Gasteiger partial charge < -0.3 is 21.5 Å². The molecule has 0 bridgehead atoms. The third kappa shape index (κ3) is 3.74. The maximum atomic E-state index is 11.8. The van der Waals surface area contributed by atoms with Crippen LogP contribution in [0.1, 0.15) is 34.5 Å². The lowest BCUT2D eigenvalue weighted by molar-refractivity contribution is 0.100. The number of fused-ring (bicyclic) bond motifs is 1. The normalized spacial score (nSPS) is 12.0. The van der Waals surface area contributed by atoms with Crippen molar-refractivity contribution in [2.24, 2.45) is 11.5 Å². The number of hydrogen-bond acceptors (Lipinski definition) is 5. The van der Waals surface area contributed by atoms with Crippen LogP contribution in [0.5, 0.6) is 5.75 Å². The van der Waals surface area contributed by atoms with Crippen LogP contribution in [0.25, 0.3) is 10.9 Å². The zero-order chi connectivity index (χ0) is 20.3. The molecule has 7 heteroatoms. The van der Waals surface area contributed by atoms with E-state index in [1.807, 2.05) is 31.2 Å². The third-order valence-corrected chi connectivity index (χ3v) is 5.05. The minimum Gasteiger partial charge on any atom is -0.495 e. The van der Waals surface area contributed by atoms with Crippen molar-refractivity contribution in [1.82, 2.24) is 4.98 Å². The Hall–Kier alpha value is -2.83. The number of nitrogens with one attached hydrogen (secondary N) is 1. The number of nitrogens with zero attached hydrogens (tertiary/aromatic N) is 1. The molecule has 0 spiro atoms. The average molecular weight is 399 g/mol. The Bertz CT molecular complexity index is 1020. The molecular weight excluding hydrogens is 376 g/mol. The van der Waals surface area contributed by atoms with Crippen molar-refractivity contribution < 1.29 is 9.53 Å². The summed E-state index contributed by atoms with van der Waals surface area (Å²) >= 11 is 6.29. The first-order valence-corrected chi connectivity index (χ1v) is 9.38. The van der Waals surface area contributed by atoms with Gasteiger partial charge >= 0.3 is 0 Å². The summed E-state index contributed by atoms with van der Waals surface area (Å²) in [5.74, 6) is 0.0986. The third-order valence-electron chi connectivity index (χ3n) is 4.75. The molecule has 28 heavy (non-hydrogen) atoms. The van der Waals surface area contributed by atoms with Gasteiger partial charge in [0.15, 0.2) is 0 Å². The lowest BCUT2D eigenvalue weighted by Crippen LogP contribution is -2.22. The van der Waals surface area contributed by atoms with E-state index in [9.17, 15) is 4.79 Å². The number of primary amides is 1. The van der Waals surface area contributed by atoms with Gasteiger partial charge in [0.25, 0.3) is 5.91 Å². The Kier molecular flexibility index (Phi) is 6.02. The van der Waals surface area contributed by atoms with Crippen molar-refractivity contribution in [2.45, 2.75) is 19.4 Å². The smallest absolute Gasteiger partial charge is 0.250 e. The highest BCUT2D eigenvalue weighted by Crippen LogP contribution is 2.33. The Morgan fingerprint density at radius 3 is 2.71 bits per heavy atom. The number of pyridine rings is 1. The summed E-state index contributed by atoms with van der Waals surface area (Å²) < 4.78 is 5.23. The van der Waals surface area contributed by atoms with Gasteiger partial charge in [-0.3, -0.25) is 9.78 Å². The van der Waals surface area contributed by atoms with Crippen molar-refractivity contribution in [3.8, 4) is 5.75 Å². The minimum absolute atomic E-state index is 0.184. The summed E-state index contributed by atoms with van der Waals surface area (Å²) in [6.07, 6.45) is 2.54. The summed E-state index contributed by atoms with van der Waals surface area (Å²) in [5, 5.41) is 4.87. The highest BCUT2D eigenvalue weighted by Gasteiger charge is 2.18. The number of rotatable bonds is 7. The fourth-order valence-corrected chi connectivity index (χ4v) is 3.52. The van der Waals surface area contributed by atoms with Gasteiger partial charge in [-0.15, -0.1) is 0 Å². The molecule has 5 N–H and O–H groups in total. The van der Waals surface area contributed by atoms with Crippen molar-refractivity contribution in [1.29, 1.82) is 0 Å². The van der Waals surface area contributed by atoms with Crippen LogP contribution in [-0.4, -0.2) is 24.5 Å². The predicted octanol–water partition coefficient (Wildman–Crippen LogP) is 3.67. The van der Waals surface area contributed by atoms with Crippen LogP contribution in [0, 0.1) is 0 Å². The standard InChI is InChI=1S/C21H23ClN4O2/c1-3-12-11-25-20-14(5-4-6-15(20)21(24)27)19(12)26-17(10-23)13-7-8-18(28-2)16(22)9-13/h4-9,11,17H,3,10,23H2,1-2H3,(H2,24,27)(H,25,26). The maximum Gasteiger partial charge on any atom is 0.250 e. The number of amides is 1. The Balaban J connectivity index is 2.10. The zero-order valence-corrected chi connectivity index (χ0v) is 16.6. The number of para-hydroxylation sites is 1. The van der Waals surface area contributed by atoms with Gasteiger partial charge in [0.2, 0.25) is 0 Å². The summed E-state index contributed by atoms with van der Waals surface area (Å²) in [5.41, 5.74) is 15.4. The molecule has 0 radical (unpaired) electrons. The Labute approximate surface area is 168 Å². The summed E-state index contributed by atoms with van der Waals surface area (Å²) in [4.78, 5) is 16.3. The summed E-state index contributed by atoms with van der Waals surface area (Å²) in [6, 6.07) is 10.8. The molecule has 0 saturated carbocycles. The lowest BCUT2D eigenvalue weighted by Gasteiger charge is -2.23. The Morgan fingerprint density at radius 1 is 1.32 bits per heavy atom. The molecule has 3 rings (SSSR count). The number of carbonyl (C=O) groups is 1. The number of aryl methyl sites for hydroxylation is 1. The van der Waals surface area contributed by atoms with E-state index in [1.54, 1.807) is 25.4 Å². The summed E-state index contributed by atoms with van der Waals surface area (Å²) in [6.45, 7) is 2.40. The SMILES string of the molecule is CCc1cnc2c(C(N)=O)cccc2c1NC(CN)c1ccc(OC)c(Cl)c1. The second-order valence-corrected chi connectivity index (χ2v) is 6.81. The largest absolute Gasteiger partial charge is 0.495 e. The first-order chi connectivity index (χ1) is 13.5. The number of nitrogens with two attached hydrogens (primary N) is 2.